The van der Waals surface area contributed by atoms with E-state index in [2.05, 4.69) is 9.88 Å². The predicted molar refractivity (Wildman–Crippen MR) is 87.2 cm³/mol. The van der Waals surface area contributed by atoms with Crippen LogP contribution in [0.2, 0.25) is 0 Å². The van der Waals surface area contributed by atoms with Crippen LogP contribution in [0.5, 0.6) is 5.75 Å². The van der Waals surface area contributed by atoms with Crippen molar-refractivity contribution in [3.8, 4) is 5.75 Å². The van der Waals surface area contributed by atoms with Gasteiger partial charge in [0.2, 0.25) is 0 Å². The first-order valence-corrected chi connectivity index (χ1v) is 7.57. The van der Waals surface area contributed by atoms with Gasteiger partial charge in [-0.1, -0.05) is 30.3 Å². The van der Waals surface area contributed by atoms with Crippen LogP contribution in [0.25, 0.3) is 11.0 Å². The number of ether oxygens (including phenoxy) is 1. The minimum atomic E-state index is 0.204. The van der Waals surface area contributed by atoms with Gasteiger partial charge >= 0.3 is 0 Å². The zero-order valence-electron chi connectivity index (χ0n) is 12.2. The van der Waals surface area contributed by atoms with E-state index in [0.717, 1.165) is 42.1 Å². The number of hydrogen-bond acceptors (Lipinski definition) is 4. The van der Waals surface area contributed by atoms with Crippen LogP contribution in [0.1, 0.15) is 6.42 Å². The molecule has 110 valence electrons. The second kappa shape index (κ2) is 5.64. The minimum Gasteiger partial charge on any atom is -0.489 e. The highest BCUT2D eigenvalue weighted by Gasteiger charge is 2.25. The average molecular weight is 291 g/mol. The van der Waals surface area contributed by atoms with E-state index < -0.39 is 0 Å². The SMILES string of the molecule is c1ccc(O[C@@H]2CCN(c3cnc4ccccc4n3)C2)cc1. The lowest BCUT2D eigenvalue weighted by atomic mass is 10.3. The molecule has 2 aromatic carbocycles. The van der Waals surface area contributed by atoms with E-state index >= 15 is 0 Å². The molecule has 4 heteroatoms. The van der Waals surface area contributed by atoms with E-state index in [0.29, 0.717) is 0 Å². The van der Waals surface area contributed by atoms with Crippen LogP contribution < -0.4 is 9.64 Å². The Morgan fingerprint density at radius 2 is 1.73 bits per heavy atom. The highest BCUT2D eigenvalue weighted by Crippen LogP contribution is 2.23. The Hall–Kier alpha value is -2.62. The second-order valence-electron chi connectivity index (χ2n) is 5.50. The minimum absolute atomic E-state index is 0.204. The molecule has 0 bridgehead atoms. The van der Waals surface area contributed by atoms with Crippen molar-refractivity contribution in [2.24, 2.45) is 0 Å². The number of hydrogen-bond donors (Lipinski definition) is 0. The van der Waals surface area contributed by atoms with Crippen LogP contribution >= 0.6 is 0 Å². The lowest BCUT2D eigenvalue weighted by Crippen LogP contribution is -2.25. The van der Waals surface area contributed by atoms with Crippen LogP contribution in [-0.2, 0) is 0 Å². The molecule has 1 aliphatic rings. The van der Waals surface area contributed by atoms with Crippen molar-refractivity contribution >= 4 is 16.9 Å². The van der Waals surface area contributed by atoms with E-state index in [4.69, 9.17) is 9.72 Å². The summed E-state index contributed by atoms with van der Waals surface area (Å²) in [6, 6.07) is 17.9. The molecule has 22 heavy (non-hydrogen) atoms. The maximum absolute atomic E-state index is 6.02. The van der Waals surface area contributed by atoms with E-state index in [1.165, 1.54) is 0 Å². The lowest BCUT2D eigenvalue weighted by molar-refractivity contribution is 0.225. The van der Waals surface area contributed by atoms with Gasteiger partial charge in [-0.2, -0.15) is 0 Å². The van der Waals surface area contributed by atoms with E-state index in [1.54, 1.807) is 0 Å². The molecule has 1 aliphatic heterocycles. The van der Waals surface area contributed by atoms with Crippen LogP contribution in [0.15, 0.2) is 60.8 Å². The van der Waals surface area contributed by atoms with Gasteiger partial charge in [-0.05, 0) is 24.3 Å². The van der Waals surface area contributed by atoms with Crippen LogP contribution in [0, 0.1) is 0 Å². The summed E-state index contributed by atoms with van der Waals surface area (Å²) in [7, 11) is 0. The van der Waals surface area contributed by atoms with Gasteiger partial charge in [-0.15, -0.1) is 0 Å². The molecule has 0 spiro atoms. The molecule has 3 aromatic rings. The second-order valence-corrected chi connectivity index (χ2v) is 5.50. The van der Waals surface area contributed by atoms with Crippen molar-refractivity contribution in [2.75, 3.05) is 18.0 Å². The molecule has 1 fully saturated rings. The summed E-state index contributed by atoms with van der Waals surface area (Å²) in [6.45, 7) is 1.80. The lowest BCUT2D eigenvalue weighted by Gasteiger charge is -2.18. The highest BCUT2D eigenvalue weighted by molar-refractivity contribution is 5.75. The van der Waals surface area contributed by atoms with Crippen LogP contribution in [-0.4, -0.2) is 29.2 Å². The molecular formula is C18H17N3O. The molecule has 0 amide bonds. The number of aromatic nitrogens is 2. The van der Waals surface area contributed by atoms with E-state index in [1.807, 2.05) is 60.8 Å². The zero-order chi connectivity index (χ0) is 14.8. The van der Waals surface area contributed by atoms with Crippen LogP contribution in [0.3, 0.4) is 0 Å². The Bertz CT molecular complexity index is 775. The van der Waals surface area contributed by atoms with Gasteiger partial charge in [0.25, 0.3) is 0 Å². The molecule has 0 N–H and O–H groups in total. The maximum atomic E-state index is 6.02. The molecular weight excluding hydrogens is 274 g/mol. The van der Waals surface area contributed by atoms with Gasteiger partial charge in [0.1, 0.15) is 17.7 Å². The van der Waals surface area contributed by atoms with Crippen molar-refractivity contribution in [2.45, 2.75) is 12.5 Å². The number of rotatable bonds is 3. The van der Waals surface area contributed by atoms with Crippen molar-refractivity contribution < 1.29 is 4.74 Å². The third-order valence-electron chi connectivity index (χ3n) is 3.95. The quantitative estimate of drug-likeness (QED) is 0.742. The molecule has 1 atom stereocenters. The number of nitrogens with zero attached hydrogens (tertiary/aromatic N) is 3. The van der Waals surface area contributed by atoms with Crippen molar-refractivity contribution in [3.63, 3.8) is 0 Å². The van der Waals surface area contributed by atoms with Crippen molar-refractivity contribution in [1.29, 1.82) is 0 Å². The summed E-state index contributed by atoms with van der Waals surface area (Å²) in [5.41, 5.74) is 1.87. The summed E-state index contributed by atoms with van der Waals surface area (Å²) < 4.78 is 6.02. The summed E-state index contributed by atoms with van der Waals surface area (Å²) in [4.78, 5) is 11.4. The standard InChI is InChI=1S/C18H17N3O/c1-2-6-14(7-3-1)22-15-10-11-21(13-15)18-12-19-16-8-4-5-9-17(16)20-18/h1-9,12,15H,10-11,13H2/t15-/m1/s1. The molecule has 0 saturated carbocycles. The third-order valence-corrected chi connectivity index (χ3v) is 3.95. The van der Waals surface area contributed by atoms with Gasteiger partial charge in [0.15, 0.2) is 0 Å². The fourth-order valence-electron chi connectivity index (χ4n) is 2.82. The molecule has 4 nitrogen and oxygen atoms in total. The first-order chi connectivity index (χ1) is 10.9. The number of para-hydroxylation sites is 3. The van der Waals surface area contributed by atoms with Gasteiger partial charge in [-0.25, -0.2) is 4.98 Å². The monoisotopic (exact) mass is 291 g/mol. The Balaban J connectivity index is 1.49. The zero-order valence-corrected chi connectivity index (χ0v) is 12.2. The number of benzene rings is 2. The van der Waals surface area contributed by atoms with Crippen LogP contribution in [0.4, 0.5) is 5.82 Å². The maximum Gasteiger partial charge on any atom is 0.147 e. The first-order valence-electron chi connectivity index (χ1n) is 7.57. The summed E-state index contributed by atoms with van der Waals surface area (Å²) in [5, 5.41) is 0. The molecule has 2 heterocycles. The average Bonchev–Trinajstić information content (AvgIpc) is 3.04. The summed E-state index contributed by atoms with van der Waals surface area (Å²) in [5.74, 6) is 1.86. The molecule has 0 aliphatic carbocycles. The van der Waals surface area contributed by atoms with Gasteiger partial charge in [-0.3, -0.25) is 4.98 Å². The summed E-state index contributed by atoms with van der Waals surface area (Å²) >= 11 is 0. The fraction of sp³-hybridized carbons (Fsp3) is 0.222. The number of anilines is 1. The van der Waals surface area contributed by atoms with Gasteiger partial charge < -0.3 is 9.64 Å². The van der Waals surface area contributed by atoms with Crippen molar-refractivity contribution in [3.05, 3.63) is 60.8 Å². The highest BCUT2D eigenvalue weighted by atomic mass is 16.5. The van der Waals surface area contributed by atoms with E-state index in [9.17, 15) is 0 Å². The summed E-state index contributed by atoms with van der Waals surface area (Å²) in [6.07, 6.45) is 3.06. The normalized spacial score (nSPS) is 17.8. The first kappa shape index (κ1) is 13.1. The molecule has 1 aromatic heterocycles. The Kier molecular flexibility index (Phi) is 3.35. The Morgan fingerprint density at radius 1 is 0.955 bits per heavy atom. The Morgan fingerprint density at radius 3 is 2.59 bits per heavy atom. The molecule has 1 saturated heterocycles. The predicted octanol–water partition coefficient (Wildman–Crippen LogP) is 3.29. The molecule has 4 rings (SSSR count). The van der Waals surface area contributed by atoms with Gasteiger partial charge in [0.05, 0.1) is 23.8 Å². The fourth-order valence-corrected chi connectivity index (χ4v) is 2.82. The number of fused-ring (bicyclic) bond motifs is 1. The smallest absolute Gasteiger partial charge is 0.147 e. The molecule has 0 unspecified atom stereocenters. The topological polar surface area (TPSA) is 38.2 Å². The van der Waals surface area contributed by atoms with Crippen molar-refractivity contribution in [1.82, 2.24) is 9.97 Å². The van der Waals surface area contributed by atoms with E-state index in [-0.39, 0.29) is 6.10 Å². The largest absolute Gasteiger partial charge is 0.489 e. The van der Waals surface area contributed by atoms with Gasteiger partial charge in [0, 0.05) is 13.0 Å². The Labute approximate surface area is 129 Å². The molecule has 0 radical (unpaired) electrons. The third kappa shape index (κ3) is 2.60.